The van der Waals surface area contributed by atoms with Crippen molar-refractivity contribution in [2.45, 2.75) is 20.3 Å². The molecule has 0 spiro atoms. The van der Waals surface area contributed by atoms with Gasteiger partial charge in [-0.15, -0.1) is 10.2 Å². The molecule has 3 aromatic heterocycles. The third-order valence-electron chi connectivity index (χ3n) is 3.66. The quantitative estimate of drug-likeness (QED) is 0.566. The first-order chi connectivity index (χ1) is 11.1. The molecular formula is C15H12ClN5OS. The maximum absolute atomic E-state index is 6.25. The van der Waals surface area contributed by atoms with Gasteiger partial charge in [-0.2, -0.15) is 9.61 Å². The minimum Gasteiger partial charge on any atom is -0.361 e. The number of rotatable bonds is 3. The summed E-state index contributed by atoms with van der Waals surface area (Å²) in [6.45, 7) is 3.84. The Balaban J connectivity index is 1.77. The summed E-state index contributed by atoms with van der Waals surface area (Å²) in [5.74, 6) is 1.46. The number of hydrogen-bond donors (Lipinski definition) is 0. The Morgan fingerprint density at radius 2 is 2.04 bits per heavy atom. The number of halogens is 1. The maximum atomic E-state index is 6.25. The molecule has 3 heterocycles. The largest absolute Gasteiger partial charge is 0.361 e. The zero-order chi connectivity index (χ0) is 16.0. The van der Waals surface area contributed by atoms with Crippen LogP contribution in [0.4, 0.5) is 0 Å². The molecule has 4 aromatic rings. The number of aromatic nitrogens is 5. The van der Waals surface area contributed by atoms with Crippen molar-refractivity contribution in [1.29, 1.82) is 0 Å². The molecule has 0 aliphatic carbocycles. The average Bonchev–Trinajstić information content (AvgIpc) is 3.18. The van der Waals surface area contributed by atoms with E-state index in [1.54, 1.807) is 4.52 Å². The molecular weight excluding hydrogens is 334 g/mol. The zero-order valence-corrected chi connectivity index (χ0v) is 14.0. The highest BCUT2D eigenvalue weighted by molar-refractivity contribution is 7.16. The SMILES string of the molecule is Cc1noc(C)c1Cc1nn2c(-c3ccccc3Cl)nnc2s1. The maximum Gasteiger partial charge on any atom is 0.234 e. The second kappa shape index (κ2) is 5.43. The molecule has 0 amide bonds. The smallest absolute Gasteiger partial charge is 0.234 e. The topological polar surface area (TPSA) is 69.1 Å². The van der Waals surface area contributed by atoms with E-state index in [9.17, 15) is 0 Å². The van der Waals surface area contributed by atoms with Gasteiger partial charge in [-0.3, -0.25) is 0 Å². The number of fused-ring (bicyclic) bond motifs is 1. The van der Waals surface area contributed by atoms with Crippen molar-refractivity contribution in [3.8, 4) is 11.4 Å². The highest BCUT2D eigenvalue weighted by atomic mass is 35.5. The van der Waals surface area contributed by atoms with Gasteiger partial charge in [-0.05, 0) is 26.0 Å². The Morgan fingerprint density at radius 3 is 2.78 bits per heavy atom. The minimum absolute atomic E-state index is 0.627. The van der Waals surface area contributed by atoms with Crippen LogP contribution in [0.5, 0.6) is 0 Å². The zero-order valence-electron chi connectivity index (χ0n) is 12.4. The van der Waals surface area contributed by atoms with Crippen LogP contribution in [0, 0.1) is 13.8 Å². The van der Waals surface area contributed by atoms with E-state index in [-0.39, 0.29) is 0 Å². The van der Waals surface area contributed by atoms with Crippen LogP contribution in [0.15, 0.2) is 28.8 Å². The first kappa shape index (κ1) is 14.3. The van der Waals surface area contributed by atoms with Gasteiger partial charge >= 0.3 is 0 Å². The van der Waals surface area contributed by atoms with Crippen LogP contribution in [-0.2, 0) is 6.42 Å². The first-order valence-corrected chi connectivity index (χ1v) is 8.20. The summed E-state index contributed by atoms with van der Waals surface area (Å²) in [5, 5.41) is 18.6. The fraction of sp³-hybridized carbons (Fsp3) is 0.200. The van der Waals surface area contributed by atoms with Crippen LogP contribution in [0.2, 0.25) is 5.02 Å². The third kappa shape index (κ3) is 2.42. The lowest BCUT2D eigenvalue weighted by Crippen LogP contribution is -1.95. The van der Waals surface area contributed by atoms with Gasteiger partial charge in [0.05, 0.1) is 10.7 Å². The van der Waals surface area contributed by atoms with Gasteiger partial charge in [-0.25, -0.2) is 0 Å². The lowest BCUT2D eigenvalue weighted by molar-refractivity contribution is 0.392. The van der Waals surface area contributed by atoms with E-state index in [1.807, 2.05) is 38.1 Å². The van der Waals surface area contributed by atoms with Crippen molar-refractivity contribution >= 4 is 27.9 Å². The summed E-state index contributed by atoms with van der Waals surface area (Å²) in [6.07, 6.45) is 0.664. The molecule has 0 N–H and O–H groups in total. The second-order valence-corrected chi connectivity index (χ2v) is 6.62. The van der Waals surface area contributed by atoms with Crippen molar-refractivity contribution in [2.75, 3.05) is 0 Å². The molecule has 23 heavy (non-hydrogen) atoms. The molecule has 0 radical (unpaired) electrons. The van der Waals surface area contributed by atoms with Gasteiger partial charge in [0.25, 0.3) is 0 Å². The normalized spacial score (nSPS) is 11.4. The average molecular weight is 346 g/mol. The standard InChI is InChI=1S/C15H12ClN5OS/c1-8-11(9(2)22-20-8)7-13-19-21-14(17-18-15(21)23-13)10-5-3-4-6-12(10)16/h3-6H,7H2,1-2H3. The van der Waals surface area contributed by atoms with Gasteiger partial charge in [0.1, 0.15) is 10.8 Å². The van der Waals surface area contributed by atoms with Crippen LogP contribution in [-0.4, -0.2) is 25.0 Å². The van der Waals surface area contributed by atoms with E-state index < -0.39 is 0 Å². The van der Waals surface area contributed by atoms with Crippen LogP contribution in [0.1, 0.15) is 22.0 Å². The molecule has 1 aromatic carbocycles. The van der Waals surface area contributed by atoms with Crippen molar-refractivity contribution < 1.29 is 4.52 Å². The Kier molecular flexibility index (Phi) is 3.39. The van der Waals surface area contributed by atoms with Crippen molar-refractivity contribution in [3.05, 3.63) is 51.3 Å². The molecule has 0 aliphatic rings. The van der Waals surface area contributed by atoms with Gasteiger partial charge < -0.3 is 4.52 Å². The van der Waals surface area contributed by atoms with Crippen molar-refractivity contribution in [2.24, 2.45) is 0 Å². The van der Waals surface area contributed by atoms with Gasteiger partial charge in [0.15, 0.2) is 5.82 Å². The fourth-order valence-corrected chi connectivity index (χ4v) is 3.51. The molecule has 0 fully saturated rings. The fourth-order valence-electron chi connectivity index (χ4n) is 2.44. The van der Waals surface area contributed by atoms with E-state index in [0.717, 1.165) is 32.5 Å². The Bertz CT molecular complexity index is 983. The summed E-state index contributed by atoms with van der Waals surface area (Å²) in [6, 6.07) is 7.54. The van der Waals surface area contributed by atoms with Gasteiger partial charge in [0, 0.05) is 17.5 Å². The Morgan fingerprint density at radius 1 is 1.22 bits per heavy atom. The van der Waals surface area contributed by atoms with E-state index in [1.165, 1.54) is 11.3 Å². The second-order valence-electron chi connectivity index (χ2n) is 5.17. The first-order valence-electron chi connectivity index (χ1n) is 7.01. The third-order valence-corrected chi connectivity index (χ3v) is 4.89. The number of nitrogens with zero attached hydrogens (tertiary/aromatic N) is 5. The molecule has 116 valence electrons. The molecule has 0 bridgehead atoms. The predicted molar refractivity (Wildman–Crippen MR) is 87.9 cm³/mol. The summed E-state index contributed by atoms with van der Waals surface area (Å²) >= 11 is 7.75. The number of benzene rings is 1. The predicted octanol–water partition coefficient (Wildman–Crippen LogP) is 3.70. The highest BCUT2D eigenvalue weighted by Crippen LogP contribution is 2.28. The molecule has 0 atom stereocenters. The van der Waals surface area contributed by atoms with Crippen LogP contribution in [0.25, 0.3) is 16.3 Å². The van der Waals surface area contributed by atoms with Crippen molar-refractivity contribution in [3.63, 3.8) is 0 Å². The molecule has 4 rings (SSSR count). The number of hydrogen-bond acceptors (Lipinski definition) is 6. The molecule has 6 nitrogen and oxygen atoms in total. The van der Waals surface area contributed by atoms with Crippen LogP contribution >= 0.6 is 22.9 Å². The van der Waals surface area contributed by atoms with E-state index in [4.69, 9.17) is 16.1 Å². The summed E-state index contributed by atoms with van der Waals surface area (Å²) in [4.78, 5) is 0.738. The van der Waals surface area contributed by atoms with Crippen LogP contribution < -0.4 is 0 Å². The lowest BCUT2D eigenvalue weighted by Gasteiger charge is -1.99. The molecule has 0 saturated heterocycles. The summed E-state index contributed by atoms with van der Waals surface area (Å²) in [7, 11) is 0. The molecule has 0 aliphatic heterocycles. The Hall–Kier alpha value is -2.25. The van der Waals surface area contributed by atoms with E-state index >= 15 is 0 Å². The monoisotopic (exact) mass is 345 g/mol. The summed E-state index contributed by atoms with van der Waals surface area (Å²) < 4.78 is 6.94. The molecule has 0 saturated carbocycles. The van der Waals surface area contributed by atoms with E-state index in [0.29, 0.717) is 17.3 Å². The Labute approximate surface area is 140 Å². The highest BCUT2D eigenvalue weighted by Gasteiger charge is 2.17. The molecule has 0 unspecified atom stereocenters. The summed E-state index contributed by atoms with van der Waals surface area (Å²) in [5.41, 5.74) is 2.77. The molecule has 8 heteroatoms. The van der Waals surface area contributed by atoms with Gasteiger partial charge in [0.2, 0.25) is 4.96 Å². The van der Waals surface area contributed by atoms with Gasteiger partial charge in [-0.1, -0.05) is 40.2 Å². The van der Waals surface area contributed by atoms with Crippen LogP contribution in [0.3, 0.4) is 0 Å². The van der Waals surface area contributed by atoms with Crippen molar-refractivity contribution in [1.82, 2.24) is 25.0 Å². The lowest BCUT2D eigenvalue weighted by atomic mass is 10.1. The number of aryl methyl sites for hydroxylation is 2. The van der Waals surface area contributed by atoms with E-state index in [2.05, 4.69) is 20.5 Å². The minimum atomic E-state index is 0.627.